The fourth-order valence-corrected chi connectivity index (χ4v) is 3.63. The summed E-state index contributed by atoms with van der Waals surface area (Å²) >= 11 is 0. The predicted octanol–water partition coefficient (Wildman–Crippen LogP) is 3.24. The molecule has 0 fully saturated rings. The normalized spacial score (nSPS) is 12.0. The number of aromatic hydroxyl groups is 1. The van der Waals surface area contributed by atoms with E-state index in [0.29, 0.717) is 11.3 Å². The molecule has 0 aliphatic heterocycles. The number of phenols is 1. The van der Waals surface area contributed by atoms with Crippen LogP contribution < -0.4 is 0 Å². The molecule has 0 amide bonds. The lowest BCUT2D eigenvalue weighted by Crippen LogP contribution is -2.05. The highest BCUT2D eigenvalue weighted by Gasteiger charge is 2.14. The van der Waals surface area contributed by atoms with Crippen LogP contribution in [0.15, 0.2) is 71.6 Å². The van der Waals surface area contributed by atoms with Gasteiger partial charge >= 0.3 is 0 Å². The van der Waals surface area contributed by atoms with Crippen LogP contribution in [0.5, 0.6) is 5.75 Å². The van der Waals surface area contributed by atoms with Crippen molar-refractivity contribution in [3.63, 3.8) is 0 Å². The standard InChI is InChI=1S/C11H14OS.C7H8O4S/c1-9(2)8-13(3)11-6-4-10(12)5-7-11;8-12(9,10)11-6-7-4-2-1-3-5-7/h4-7H,1,8H2,2-3H3;1-5H,6H2,(H,8,9,10). The second kappa shape index (κ2) is 10.2. The summed E-state index contributed by atoms with van der Waals surface area (Å²) in [6, 6.07) is 16.0. The van der Waals surface area contributed by atoms with Crippen LogP contribution in [0.3, 0.4) is 0 Å². The largest absolute Gasteiger partial charge is 0.726 e. The number of hydrogen-bond donors (Lipinski definition) is 1. The van der Waals surface area contributed by atoms with E-state index in [1.54, 1.807) is 42.5 Å². The Morgan fingerprint density at radius 1 is 1.16 bits per heavy atom. The molecular formula is C18H22O5S2. The number of hydrogen-bond acceptors (Lipinski definition) is 5. The molecule has 5 nitrogen and oxygen atoms in total. The molecule has 0 aromatic heterocycles. The van der Waals surface area contributed by atoms with Crippen LogP contribution in [0.2, 0.25) is 0 Å². The maximum absolute atomic E-state index is 10.0. The lowest BCUT2D eigenvalue weighted by Gasteiger charge is -2.06. The van der Waals surface area contributed by atoms with Crippen LogP contribution in [0.1, 0.15) is 12.5 Å². The van der Waals surface area contributed by atoms with Crippen molar-refractivity contribution < 1.29 is 22.3 Å². The zero-order chi connectivity index (χ0) is 18.9. The fraction of sp³-hybridized carbons (Fsp3) is 0.222. The lowest BCUT2D eigenvalue weighted by molar-refractivity contribution is 0.253. The molecular weight excluding hydrogens is 360 g/mol. The molecule has 1 N–H and O–H groups in total. The minimum absolute atomic E-state index is 0.202. The van der Waals surface area contributed by atoms with E-state index in [2.05, 4.69) is 17.0 Å². The monoisotopic (exact) mass is 382 g/mol. The zero-order valence-electron chi connectivity index (χ0n) is 14.2. The molecule has 1 atom stereocenters. The fourth-order valence-electron chi connectivity index (χ4n) is 1.85. The first kappa shape index (κ1) is 21.2. The van der Waals surface area contributed by atoms with Gasteiger partial charge in [0.15, 0.2) is 4.90 Å². The van der Waals surface area contributed by atoms with Gasteiger partial charge in [-0.15, -0.1) is 0 Å². The Balaban J connectivity index is 0.000000251. The maximum Gasteiger partial charge on any atom is 0.217 e. The van der Waals surface area contributed by atoms with Gasteiger partial charge in [-0.3, -0.25) is 4.18 Å². The van der Waals surface area contributed by atoms with Gasteiger partial charge in [-0.25, -0.2) is 8.42 Å². The van der Waals surface area contributed by atoms with Crippen molar-refractivity contribution in [3.05, 3.63) is 72.3 Å². The molecule has 7 heteroatoms. The SMILES string of the molecule is C=C(C)C[S+](C)c1ccc(O)cc1.O=S(=O)([O-])OCc1ccccc1. The summed E-state index contributed by atoms with van der Waals surface area (Å²) in [5, 5.41) is 9.11. The van der Waals surface area contributed by atoms with E-state index >= 15 is 0 Å². The van der Waals surface area contributed by atoms with E-state index in [9.17, 15) is 13.0 Å². The zero-order valence-corrected chi connectivity index (χ0v) is 15.8. The smallest absolute Gasteiger partial charge is 0.217 e. The maximum atomic E-state index is 10.0. The third-order valence-corrected chi connectivity index (χ3v) is 5.32. The lowest BCUT2D eigenvalue weighted by atomic mass is 10.2. The summed E-state index contributed by atoms with van der Waals surface area (Å²) < 4.78 is 34.1. The highest BCUT2D eigenvalue weighted by Crippen LogP contribution is 2.17. The van der Waals surface area contributed by atoms with Gasteiger partial charge in [0.05, 0.1) is 6.61 Å². The predicted molar refractivity (Wildman–Crippen MR) is 100 cm³/mol. The number of phenolic OH excluding ortho intramolecular Hbond substituents is 1. The second-order valence-electron chi connectivity index (χ2n) is 5.39. The average molecular weight is 383 g/mol. The van der Waals surface area contributed by atoms with Gasteiger partial charge in [-0.05, 0) is 42.3 Å². The van der Waals surface area contributed by atoms with E-state index in [1.807, 2.05) is 19.1 Å². The first-order chi connectivity index (χ1) is 11.7. The van der Waals surface area contributed by atoms with Crippen LogP contribution in [0, 0.1) is 0 Å². The Hall–Kier alpha value is -1.80. The van der Waals surface area contributed by atoms with Gasteiger partial charge < -0.3 is 9.66 Å². The molecule has 136 valence electrons. The van der Waals surface area contributed by atoms with Gasteiger partial charge in [0.2, 0.25) is 10.4 Å². The average Bonchev–Trinajstić information content (AvgIpc) is 2.54. The molecule has 2 aromatic rings. The van der Waals surface area contributed by atoms with Crippen molar-refractivity contribution in [2.24, 2.45) is 0 Å². The molecule has 0 spiro atoms. The van der Waals surface area contributed by atoms with Crippen molar-refractivity contribution in [1.29, 1.82) is 0 Å². The van der Waals surface area contributed by atoms with E-state index < -0.39 is 10.4 Å². The Kier molecular flexibility index (Phi) is 8.71. The summed E-state index contributed by atoms with van der Waals surface area (Å²) in [6.07, 6.45) is 2.20. The van der Waals surface area contributed by atoms with Crippen molar-refractivity contribution in [1.82, 2.24) is 0 Å². The second-order valence-corrected chi connectivity index (χ2v) is 8.48. The molecule has 2 aromatic carbocycles. The van der Waals surface area contributed by atoms with Crippen molar-refractivity contribution >= 4 is 21.3 Å². The molecule has 0 aliphatic rings. The number of benzene rings is 2. The van der Waals surface area contributed by atoms with E-state index in [0.717, 1.165) is 5.75 Å². The third-order valence-electron chi connectivity index (χ3n) is 2.91. The van der Waals surface area contributed by atoms with Crippen LogP contribution in [0.25, 0.3) is 0 Å². The van der Waals surface area contributed by atoms with Crippen LogP contribution in [0.4, 0.5) is 0 Å². The Labute approximate surface area is 152 Å². The van der Waals surface area contributed by atoms with Crippen LogP contribution in [-0.2, 0) is 32.1 Å². The molecule has 0 saturated carbocycles. The van der Waals surface area contributed by atoms with Crippen LogP contribution >= 0.6 is 0 Å². The summed E-state index contributed by atoms with van der Waals surface area (Å²) in [4.78, 5) is 1.28. The molecule has 1 unspecified atom stereocenters. The Morgan fingerprint density at radius 3 is 2.20 bits per heavy atom. The van der Waals surface area contributed by atoms with Gasteiger partial charge in [-0.1, -0.05) is 36.9 Å². The Bertz CT molecular complexity index is 756. The highest BCUT2D eigenvalue weighted by molar-refractivity contribution is 7.96. The molecule has 0 bridgehead atoms. The van der Waals surface area contributed by atoms with E-state index in [4.69, 9.17) is 5.11 Å². The highest BCUT2D eigenvalue weighted by atomic mass is 32.3. The van der Waals surface area contributed by atoms with Gasteiger partial charge in [0.1, 0.15) is 17.8 Å². The number of rotatable bonds is 6. The quantitative estimate of drug-likeness (QED) is 0.359. The first-order valence-electron chi connectivity index (χ1n) is 7.37. The van der Waals surface area contributed by atoms with Gasteiger partial charge in [0, 0.05) is 10.9 Å². The molecule has 2 rings (SSSR count). The third kappa shape index (κ3) is 9.93. The first-order valence-corrected chi connectivity index (χ1v) is 10.5. The van der Waals surface area contributed by atoms with Crippen molar-refractivity contribution in [2.45, 2.75) is 18.4 Å². The van der Waals surface area contributed by atoms with Crippen molar-refractivity contribution in [2.75, 3.05) is 12.0 Å². The molecule has 0 heterocycles. The molecule has 0 aliphatic carbocycles. The molecule has 25 heavy (non-hydrogen) atoms. The molecule has 0 saturated heterocycles. The van der Waals surface area contributed by atoms with Crippen molar-refractivity contribution in [3.8, 4) is 5.75 Å². The summed E-state index contributed by atoms with van der Waals surface area (Å²) in [5.41, 5.74) is 1.86. The molecule has 0 radical (unpaired) electrons. The summed E-state index contributed by atoms with van der Waals surface area (Å²) in [5.74, 6) is 1.36. The van der Waals surface area contributed by atoms with E-state index in [-0.39, 0.29) is 17.5 Å². The van der Waals surface area contributed by atoms with E-state index in [1.165, 1.54) is 10.5 Å². The van der Waals surface area contributed by atoms with Crippen LogP contribution in [-0.4, -0.2) is 30.1 Å². The summed E-state index contributed by atoms with van der Waals surface area (Å²) in [7, 11) is -4.35. The minimum Gasteiger partial charge on any atom is -0.726 e. The summed E-state index contributed by atoms with van der Waals surface area (Å²) in [6.45, 7) is 5.74. The topological polar surface area (TPSA) is 86.7 Å². The Morgan fingerprint density at radius 2 is 1.72 bits per heavy atom. The minimum atomic E-state index is -4.57. The van der Waals surface area contributed by atoms with Gasteiger partial charge in [0.25, 0.3) is 0 Å². The van der Waals surface area contributed by atoms with Gasteiger partial charge in [-0.2, -0.15) is 0 Å².